The van der Waals surface area contributed by atoms with Crippen LogP contribution in [0.2, 0.25) is 0 Å². The predicted octanol–water partition coefficient (Wildman–Crippen LogP) is 2.97. The van der Waals surface area contributed by atoms with Gasteiger partial charge in [-0.3, -0.25) is 4.98 Å². The Morgan fingerprint density at radius 2 is 2.11 bits per heavy atom. The molecule has 3 atom stereocenters. The van der Waals surface area contributed by atoms with Crippen molar-refractivity contribution in [3.63, 3.8) is 0 Å². The Morgan fingerprint density at radius 3 is 2.74 bits per heavy atom. The second kappa shape index (κ2) is 5.49. The first-order chi connectivity index (χ1) is 8.96. The van der Waals surface area contributed by atoms with Crippen molar-refractivity contribution in [3.05, 3.63) is 24.0 Å². The van der Waals surface area contributed by atoms with Crippen molar-refractivity contribution in [2.75, 3.05) is 12.8 Å². The molecular formula is C16H27N3. The van der Waals surface area contributed by atoms with Gasteiger partial charge in [0.25, 0.3) is 0 Å². The first kappa shape index (κ1) is 14.3. The summed E-state index contributed by atoms with van der Waals surface area (Å²) < 4.78 is 0. The summed E-state index contributed by atoms with van der Waals surface area (Å²) >= 11 is 0. The highest BCUT2D eigenvalue weighted by molar-refractivity contribution is 5.48. The third kappa shape index (κ3) is 2.76. The van der Waals surface area contributed by atoms with E-state index in [0.29, 0.717) is 12.0 Å². The summed E-state index contributed by atoms with van der Waals surface area (Å²) in [6.45, 7) is 6.97. The zero-order chi connectivity index (χ0) is 14.0. The molecule has 1 fully saturated rings. The van der Waals surface area contributed by atoms with Crippen molar-refractivity contribution in [2.45, 2.75) is 51.5 Å². The van der Waals surface area contributed by atoms with Gasteiger partial charge in [-0.25, -0.2) is 0 Å². The first-order valence-electron chi connectivity index (χ1n) is 7.34. The summed E-state index contributed by atoms with van der Waals surface area (Å²) in [6, 6.07) is 2.48. The molecule has 0 amide bonds. The zero-order valence-electron chi connectivity index (χ0n) is 12.6. The molecule has 0 saturated heterocycles. The lowest BCUT2D eigenvalue weighted by Crippen LogP contribution is -2.47. The molecule has 1 aromatic heterocycles. The zero-order valence-corrected chi connectivity index (χ0v) is 12.6. The second-order valence-corrected chi connectivity index (χ2v) is 6.60. The molecule has 1 aliphatic rings. The van der Waals surface area contributed by atoms with Gasteiger partial charge in [0, 0.05) is 24.1 Å². The number of hydrogen-bond donors (Lipinski definition) is 2. The van der Waals surface area contributed by atoms with E-state index in [1.165, 1.54) is 24.8 Å². The summed E-state index contributed by atoms with van der Waals surface area (Å²) in [5, 5.41) is 3.52. The number of aromatic nitrogens is 1. The molecule has 1 aliphatic carbocycles. The Morgan fingerprint density at radius 1 is 1.37 bits per heavy atom. The van der Waals surface area contributed by atoms with E-state index in [4.69, 9.17) is 5.73 Å². The number of nitrogens with zero attached hydrogens (tertiary/aromatic N) is 1. The van der Waals surface area contributed by atoms with Crippen molar-refractivity contribution >= 4 is 5.69 Å². The molecule has 1 saturated carbocycles. The largest absolute Gasteiger partial charge is 0.398 e. The Hall–Kier alpha value is -1.09. The van der Waals surface area contributed by atoms with E-state index < -0.39 is 0 Å². The van der Waals surface area contributed by atoms with Gasteiger partial charge >= 0.3 is 0 Å². The molecular weight excluding hydrogens is 234 g/mol. The Balaban J connectivity index is 2.30. The van der Waals surface area contributed by atoms with E-state index in [9.17, 15) is 0 Å². The van der Waals surface area contributed by atoms with Crippen LogP contribution in [0.15, 0.2) is 18.5 Å². The number of hydrogen-bond acceptors (Lipinski definition) is 3. The number of anilines is 1. The maximum Gasteiger partial charge on any atom is 0.0383 e. The van der Waals surface area contributed by atoms with Crippen molar-refractivity contribution in [2.24, 2.45) is 11.8 Å². The standard InChI is InChI=1S/C16H27N3/c1-11-5-6-12(15(9-11)18-4)16(2,3)13-10-19-8-7-14(13)17/h7-8,10-12,15,18H,5-6,9H2,1-4H3,(H2,17,19). The topological polar surface area (TPSA) is 50.9 Å². The van der Waals surface area contributed by atoms with Crippen LogP contribution < -0.4 is 11.1 Å². The molecule has 0 aromatic carbocycles. The second-order valence-electron chi connectivity index (χ2n) is 6.60. The Labute approximate surface area is 117 Å². The molecule has 2 rings (SSSR count). The molecule has 3 nitrogen and oxygen atoms in total. The molecule has 3 N–H and O–H groups in total. The molecule has 0 bridgehead atoms. The summed E-state index contributed by atoms with van der Waals surface area (Å²) in [6.07, 6.45) is 7.54. The van der Waals surface area contributed by atoms with E-state index in [2.05, 4.69) is 38.1 Å². The van der Waals surface area contributed by atoms with Crippen LogP contribution in [0, 0.1) is 11.8 Å². The maximum atomic E-state index is 6.17. The number of nitrogen functional groups attached to an aromatic ring is 1. The van der Waals surface area contributed by atoms with Gasteiger partial charge in [-0.15, -0.1) is 0 Å². The van der Waals surface area contributed by atoms with Gasteiger partial charge in [0.2, 0.25) is 0 Å². The van der Waals surface area contributed by atoms with Crippen LogP contribution >= 0.6 is 0 Å². The number of nitrogens with two attached hydrogens (primary N) is 1. The lowest BCUT2D eigenvalue weighted by atomic mass is 9.63. The van der Waals surface area contributed by atoms with Gasteiger partial charge in [-0.05, 0) is 48.8 Å². The van der Waals surface area contributed by atoms with Crippen LogP contribution in [-0.4, -0.2) is 18.1 Å². The molecule has 3 heteroatoms. The fraction of sp³-hybridized carbons (Fsp3) is 0.688. The third-order valence-corrected chi connectivity index (χ3v) is 4.96. The number of nitrogens with one attached hydrogen (secondary N) is 1. The van der Waals surface area contributed by atoms with Gasteiger partial charge in [-0.1, -0.05) is 27.2 Å². The van der Waals surface area contributed by atoms with E-state index >= 15 is 0 Å². The minimum atomic E-state index is 0.0617. The molecule has 19 heavy (non-hydrogen) atoms. The van der Waals surface area contributed by atoms with E-state index in [1.54, 1.807) is 6.20 Å². The average molecular weight is 261 g/mol. The van der Waals surface area contributed by atoms with E-state index in [1.807, 2.05) is 12.3 Å². The van der Waals surface area contributed by atoms with Gasteiger partial charge in [-0.2, -0.15) is 0 Å². The fourth-order valence-corrected chi connectivity index (χ4v) is 3.71. The maximum absolute atomic E-state index is 6.17. The van der Waals surface area contributed by atoms with Crippen LogP contribution in [-0.2, 0) is 5.41 Å². The highest BCUT2D eigenvalue weighted by atomic mass is 14.9. The monoisotopic (exact) mass is 261 g/mol. The lowest BCUT2D eigenvalue weighted by molar-refractivity contribution is 0.151. The quantitative estimate of drug-likeness (QED) is 0.879. The lowest BCUT2D eigenvalue weighted by Gasteiger charge is -2.44. The smallest absolute Gasteiger partial charge is 0.0383 e. The Bertz CT molecular complexity index is 428. The summed E-state index contributed by atoms with van der Waals surface area (Å²) in [5.41, 5.74) is 8.29. The molecule has 3 unspecified atom stereocenters. The van der Waals surface area contributed by atoms with Crippen molar-refractivity contribution in [3.8, 4) is 0 Å². The van der Waals surface area contributed by atoms with Crippen LogP contribution in [0.5, 0.6) is 0 Å². The minimum absolute atomic E-state index is 0.0617. The van der Waals surface area contributed by atoms with Crippen molar-refractivity contribution < 1.29 is 0 Å². The minimum Gasteiger partial charge on any atom is -0.398 e. The highest BCUT2D eigenvalue weighted by Crippen LogP contribution is 2.43. The number of rotatable bonds is 3. The molecule has 0 aliphatic heterocycles. The molecule has 1 heterocycles. The molecule has 0 radical (unpaired) electrons. The van der Waals surface area contributed by atoms with Crippen LogP contribution in [0.1, 0.15) is 45.6 Å². The summed E-state index contributed by atoms with van der Waals surface area (Å²) in [5.74, 6) is 1.43. The van der Waals surface area contributed by atoms with Gasteiger partial charge < -0.3 is 11.1 Å². The predicted molar refractivity (Wildman–Crippen MR) is 81.0 cm³/mol. The van der Waals surface area contributed by atoms with Crippen LogP contribution in [0.25, 0.3) is 0 Å². The average Bonchev–Trinajstić information content (AvgIpc) is 2.38. The van der Waals surface area contributed by atoms with Crippen LogP contribution in [0.4, 0.5) is 5.69 Å². The van der Waals surface area contributed by atoms with Crippen molar-refractivity contribution in [1.29, 1.82) is 0 Å². The van der Waals surface area contributed by atoms with Gasteiger partial charge in [0.05, 0.1) is 0 Å². The molecule has 106 valence electrons. The fourth-order valence-electron chi connectivity index (χ4n) is 3.71. The highest BCUT2D eigenvalue weighted by Gasteiger charge is 2.40. The third-order valence-electron chi connectivity index (χ3n) is 4.96. The normalized spacial score (nSPS) is 28.3. The summed E-state index contributed by atoms with van der Waals surface area (Å²) in [4.78, 5) is 4.27. The SMILES string of the molecule is CNC1CC(C)CCC1C(C)(C)c1cnccc1N. The summed E-state index contributed by atoms with van der Waals surface area (Å²) in [7, 11) is 2.08. The molecule has 1 aromatic rings. The Kier molecular flexibility index (Phi) is 4.14. The van der Waals surface area contributed by atoms with Crippen molar-refractivity contribution in [1.82, 2.24) is 10.3 Å². The van der Waals surface area contributed by atoms with Gasteiger partial charge in [0.15, 0.2) is 0 Å². The first-order valence-corrected chi connectivity index (χ1v) is 7.34. The van der Waals surface area contributed by atoms with Gasteiger partial charge in [0.1, 0.15) is 0 Å². The van der Waals surface area contributed by atoms with Crippen LogP contribution in [0.3, 0.4) is 0 Å². The molecule has 0 spiro atoms. The van der Waals surface area contributed by atoms with E-state index in [0.717, 1.165) is 11.6 Å². The van der Waals surface area contributed by atoms with E-state index in [-0.39, 0.29) is 5.41 Å². The number of pyridine rings is 1.